The van der Waals surface area contributed by atoms with Crippen molar-refractivity contribution in [1.82, 2.24) is 0 Å². The fraction of sp³-hybridized carbons (Fsp3) is 0.250. The van der Waals surface area contributed by atoms with Crippen molar-refractivity contribution in [3.8, 4) is 5.75 Å². The largest absolute Gasteiger partial charge is 0.494 e. The van der Waals surface area contributed by atoms with Crippen LogP contribution >= 0.6 is 0 Å². The third-order valence-corrected chi connectivity index (χ3v) is 2.90. The maximum absolute atomic E-state index is 12.8. The second kappa shape index (κ2) is 6.91. The second-order valence-electron chi connectivity index (χ2n) is 4.41. The summed E-state index contributed by atoms with van der Waals surface area (Å²) in [6.07, 6.45) is -0.689. The van der Waals surface area contributed by atoms with Crippen LogP contribution in [0.5, 0.6) is 5.75 Å². The van der Waals surface area contributed by atoms with Crippen LogP contribution in [0.2, 0.25) is 0 Å². The van der Waals surface area contributed by atoms with Gasteiger partial charge in [0.15, 0.2) is 0 Å². The predicted molar refractivity (Wildman–Crippen MR) is 77.5 cm³/mol. The Bertz CT molecular complexity index is 542. The first-order valence-corrected chi connectivity index (χ1v) is 6.59. The summed E-state index contributed by atoms with van der Waals surface area (Å²) >= 11 is 0. The van der Waals surface area contributed by atoms with Crippen LogP contribution in [0, 0.1) is 5.82 Å². The van der Waals surface area contributed by atoms with Crippen molar-refractivity contribution in [1.29, 1.82) is 0 Å². The molecule has 1 unspecified atom stereocenters. The number of aliphatic hydroxyl groups excluding tert-OH is 1. The van der Waals surface area contributed by atoms with E-state index in [1.165, 1.54) is 12.1 Å². The van der Waals surface area contributed by atoms with E-state index in [9.17, 15) is 9.50 Å². The van der Waals surface area contributed by atoms with Gasteiger partial charge in [0.1, 0.15) is 11.6 Å². The minimum atomic E-state index is -0.689. The van der Waals surface area contributed by atoms with Gasteiger partial charge in [-0.05, 0) is 36.8 Å². The van der Waals surface area contributed by atoms with E-state index >= 15 is 0 Å². The molecular weight excluding hydrogens is 257 g/mol. The average Bonchev–Trinajstić information content (AvgIpc) is 2.46. The minimum absolute atomic E-state index is 0.307. The summed E-state index contributed by atoms with van der Waals surface area (Å²) in [4.78, 5) is 0. The maximum atomic E-state index is 12.8. The van der Waals surface area contributed by atoms with Crippen LogP contribution < -0.4 is 10.1 Å². The molecule has 4 heteroatoms. The van der Waals surface area contributed by atoms with E-state index in [0.29, 0.717) is 18.7 Å². The molecular formula is C16H18FNO2. The quantitative estimate of drug-likeness (QED) is 0.849. The van der Waals surface area contributed by atoms with Gasteiger partial charge in [-0.2, -0.15) is 0 Å². The van der Waals surface area contributed by atoms with Crippen molar-refractivity contribution in [2.24, 2.45) is 0 Å². The van der Waals surface area contributed by atoms with E-state index < -0.39 is 6.10 Å². The molecule has 20 heavy (non-hydrogen) atoms. The fourth-order valence-electron chi connectivity index (χ4n) is 1.88. The van der Waals surface area contributed by atoms with E-state index in [2.05, 4.69) is 5.32 Å². The minimum Gasteiger partial charge on any atom is -0.494 e. The zero-order valence-corrected chi connectivity index (χ0v) is 11.3. The van der Waals surface area contributed by atoms with Gasteiger partial charge in [-0.3, -0.25) is 0 Å². The zero-order chi connectivity index (χ0) is 14.4. The molecule has 2 N–H and O–H groups in total. The molecule has 106 valence electrons. The van der Waals surface area contributed by atoms with Gasteiger partial charge in [0, 0.05) is 18.3 Å². The normalized spacial score (nSPS) is 11.9. The highest BCUT2D eigenvalue weighted by Crippen LogP contribution is 2.19. The number of aliphatic hydroxyl groups is 1. The van der Waals surface area contributed by atoms with Crippen molar-refractivity contribution in [2.75, 3.05) is 18.5 Å². The van der Waals surface area contributed by atoms with Gasteiger partial charge in [-0.1, -0.05) is 18.2 Å². The molecule has 0 fully saturated rings. The lowest BCUT2D eigenvalue weighted by molar-refractivity contribution is 0.191. The summed E-state index contributed by atoms with van der Waals surface area (Å²) in [5, 5.41) is 13.2. The maximum Gasteiger partial charge on any atom is 0.123 e. The lowest BCUT2D eigenvalue weighted by atomic mass is 10.1. The van der Waals surface area contributed by atoms with Crippen LogP contribution in [-0.2, 0) is 0 Å². The summed E-state index contributed by atoms with van der Waals surface area (Å²) in [5.41, 5.74) is 1.55. The Morgan fingerprint density at radius 2 is 1.95 bits per heavy atom. The van der Waals surface area contributed by atoms with E-state index in [1.54, 1.807) is 12.1 Å². The van der Waals surface area contributed by atoms with Crippen LogP contribution in [0.4, 0.5) is 10.1 Å². The molecule has 0 saturated heterocycles. The number of rotatable bonds is 6. The molecule has 2 aromatic rings. The number of ether oxygens (including phenoxy) is 1. The molecule has 0 aromatic heterocycles. The number of hydrogen-bond acceptors (Lipinski definition) is 3. The average molecular weight is 275 g/mol. The first-order valence-electron chi connectivity index (χ1n) is 6.59. The fourth-order valence-corrected chi connectivity index (χ4v) is 1.88. The van der Waals surface area contributed by atoms with E-state index in [-0.39, 0.29) is 5.82 Å². The predicted octanol–water partition coefficient (Wildman–Crippen LogP) is 3.37. The van der Waals surface area contributed by atoms with Crippen LogP contribution in [-0.4, -0.2) is 18.3 Å². The van der Waals surface area contributed by atoms with E-state index in [0.717, 1.165) is 11.4 Å². The number of benzene rings is 2. The number of hydrogen-bond donors (Lipinski definition) is 2. The second-order valence-corrected chi connectivity index (χ2v) is 4.41. The Labute approximate surface area is 118 Å². The Balaban J connectivity index is 1.94. The summed E-state index contributed by atoms with van der Waals surface area (Å²) in [6.45, 7) is 2.89. The Kier molecular flexibility index (Phi) is 4.96. The van der Waals surface area contributed by atoms with Gasteiger partial charge in [0.2, 0.25) is 0 Å². The third kappa shape index (κ3) is 3.96. The smallest absolute Gasteiger partial charge is 0.123 e. The lowest BCUT2D eigenvalue weighted by Gasteiger charge is -2.14. The summed E-state index contributed by atoms with van der Waals surface area (Å²) in [7, 11) is 0. The molecule has 0 heterocycles. The monoisotopic (exact) mass is 275 g/mol. The molecule has 1 atom stereocenters. The van der Waals surface area contributed by atoms with E-state index in [1.807, 2.05) is 31.2 Å². The molecule has 0 bridgehead atoms. The van der Waals surface area contributed by atoms with Crippen LogP contribution in [0.15, 0.2) is 48.5 Å². The third-order valence-electron chi connectivity index (χ3n) is 2.90. The van der Waals surface area contributed by atoms with Gasteiger partial charge in [0.25, 0.3) is 0 Å². The van der Waals surface area contributed by atoms with Crippen molar-refractivity contribution in [3.05, 3.63) is 59.9 Å². The number of nitrogens with one attached hydrogen (secondary N) is 1. The number of anilines is 1. The lowest BCUT2D eigenvalue weighted by Crippen LogP contribution is -2.12. The molecule has 0 aliphatic heterocycles. The molecule has 2 rings (SSSR count). The summed E-state index contributed by atoms with van der Waals surface area (Å²) < 4.78 is 18.2. The molecule has 2 aromatic carbocycles. The molecule has 0 amide bonds. The highest BCUT2D eigenvalue weighted by molar-refractivity contribution is 5.48. The van der Waals surface area contributed by atoms with Gasteiger partial charge in [0.05, 0.1) is 12.7 Å². The first kappa shape index (κ1) is 14.3. The topological polar surface area (TPSA) is 41.5 Å². The molecule has 0 saturated carbocycles. The van der Waals surface area contributed by atoms with Crippen LogP contribution in [0.25, 0.3) is 0 Å². The highest BCUT2D eigenvalue weighted by Gasteiger charge is 2.07. The standard InChI is InChI=1S/C16H18FNO2/c1-2-20-15-5-3-4-14(10-15)18-11-16(19)12-6-8-13(17)9-7-12/h3-10,16,18-19H,2,11H2,1H3. The Morgan fingerprint density at radius 3 is 2.65 bits per heavy atom. The van der Waals surface area contributed by atoms with Gasteiger partial charge >= 0.3 is 0 Å². The van der Waals surface area contributed by atoms with Crippen LogP contribution in [0.3, 0.4) is 0 Å². The Morgan fingerprint density at radius 1 is 1.20 bits per heavy atom. The highest BCUT2D eigenvalue weighted by atomic mass is 19.1. The van der Waals surface area contributed by atoms with Crippen molar-refractivity contribution in [3.63, 3.8) is 0 Å². The van der Waals surface area contributed by atoms with Crippen molar-refractivity contribution in [2.45, 2.75) is 13.0 Å². The van der Waals surface area contributed by atoms with Crippen LogP contribution in [0.1, 0.15) is 18.6 Å². The molecule has 0 aliphatic carbocycles. The van der Waals surface area contributed by atoms with Gasteiger partial charge in [-0.25, -0.2) is 4.39 Å². The Hall–Kier alpha value is -2.07. The van der Waals surface area contributed by atoms with Crippen molar-refractivity contribution >= 4 is 5.69 Å². The van der Waals surface area contributed by atoms with Gasteiger partial charge in [-0.15, -0.1) is 0 Å². The zero-order valence-electron chi connectivity index (χ0n) is 11.3. The number of halogens is 1. The van der Waals surface area contributed by atoms with Gasteiger partial charge < -0.3 is 15.2 Å². The SMILES string of the molecule is CCOc1cccc(NCC(O)c2ccc(F)cc2)c1. The molecule has 0 spiro atoms. The van der Waals surface area contributed by atoms with E-state index in [4.69, 9.17) is 4.74 Å². The summed E-state index contributed by atoms with van der Waals surface area (Å²) in [6, 6.07) is 13.4. The summed E-state index contributed by atoms with van der Waals surface area (Å²) in [5.74, 6) is 0.479. The molecule has 3 nitrogen and oxygen atoms in total. The molecule has 0 radical (unpaired) electrons. The molecule has 0 aliphatic rings. The first-order chi connectivity index (χ1) is 9.69. The van der Waals surface area contributed by atoms with Crippen molar-refractivity contribution < 1.29 is 14.2 Å².